The van der Waals surface area contributed by atoms with Gasteiger partial charge in [0.2, 0.25) is 0 Å². The minimum Gasteiger partial charge on any atom is -0.353 e. The van der Waals surface area contributed by atoms with E-state index in [1.807, 2.05) is 32.9 Å². The van der Waals surface area contributed by atoms with E-state index in [4.69, 9.17) is 9.47 Å². The average molecular weight is 353 g/mol. The summed E-state index contributed by atoms with van der Waals surface area (Å²) < 4.78 is 10.1. The van der Waals surface area contributed by atoms with Crippen LogP contribution < -0.4 is 0 Å². The van der Waals surface area contributed by atoms with E-state index in [0.717, 1.165) is 38.8 Å². The van der Waals surface area contributed by atoms with Gasteiger partial charge in [0.1, 0.15) is 6.29 Å². The van der Waals surface area contributed by atoms with Crippen LogP contribution in [-0.2, 0) is 14.3 Å². The third-order valence-corrected chi connectivity index (χ3v) is 2.99. The third-order valence-electron chi connectivity index (χ3n) is 2.99. The van der Waals surface area contributed by atoms with Gasteiger partial charge in [0, 0.05) is 19.6 Å². The highest BCUT2D eigenvalue weighted by atomic mass is 16.7. The molecule has 25 heavy (non-hydrogen) atoms. The Labute approximate surface area is 156 Å². The molecule has 0 aromatic carbocycles. The van der Waals surface area contributed by atoms with Crippen LogP contribution in [0.4, 0.5) is 0 Å². The first-order valence-electron chi connectivity index (χ1n) is 9.33. The van der Waals surface area contributed by atoms with Gasteiger partial charge in [0.05, 0.1) is 0 Å². The molecule has 0 aromatic heterocycles. The Morgan fingerprint density at radius 2 is 1.36 bits per heavy atom. The van der Waals surface area contributed by atoms with Crippen LogP contribution in [0.5, 0.6) is 0 Å². The third kappa shape index (κ3) is 34.8. The Balaban J connectivity index is -0.000000408. The van der Waals surface area contributed by atoms with Gasteiger partial charge in [0.15, 0.2) is 6.29 Å². The molecule has 0 N–H and O–H groups in total. The summed E-state index contributed by atoms with van der Waals surface area (Å²) in [5, 5.41) is 0. The van der Waals surface area contributed by atoms with Crippen LogP contribution in [0.3, 0.4) is 0 Å². The second-order valence-corrected chi connectivity index (χ2v) is 5.04. The molecule has 0 aliphatic carbocycles. The van der Waals surface area contributed by atoms with Gasteiger partial charge in [0.25, 0.3) is 0 Å². The van der Waals surface area contributed by atoms with Crippen LogP contribution >= 0.6 is 0 Å². The number of unbranched alkanes of at least 4 members (excludes halogenated alkanes) is 6. The van der Waals surface area contributed by atoms with Gasteiger partial charge in [-0.2, -0.15) is 0 Å². The topological polar surface area (TPSA) is 35.5 Å². The fraction of sp³-hybridized carbons (Fsp3) is 0.591. The number of allylic oxidation sites excluding steroid dienone is 5. The highest BCUT2D eigenvalue weighted by Gasteiger charge is 1.94. The van der Waals surface area contributed by atoms with Crippen LogP contribution in [0.1, 0.15) is 65.7 Å². The minimum atomic E-state index is -0.0370. The van der Waals surface area contributed by atoms with Crippen molar-refractivity contribution in [1.29, 1.82) is 0 Å². The van der Waals surface area contributed by atoms with Crippen LogP contribution in [0.2, 0.25) is 0 Å². The van der Waals surface area contributed by atoms with Gasteiger partial charge in [-0.05, 0) is 40.0 Å². The summed E-state index contributed by atoms with van der Waals surface area (Å²) in [7, 11) is 0. The summed E-state index contributed by atoms with van der Waals surface area (Å²) in [4.78, 5) is 10.0. The largest absolute Gasteiger partial charge is 0.353 e. The standard InChI is InChI=1S/C14H22O.C6H14O2.C2H4/c1-2-3-4-5-6-7-8-9-10-11-12-13-14-15;1-4-7-6(3)8-5-2;1-2/h2-6,14H,1,7-13H2;6H,4-5H2,1-3H3;1-2H2/b4-3+,6-5+;;. The normalized spacial score (nSPS) is 10.2. The smallest absolute Gasteiger partial charge is 0.154 e. The molecule has 0 bridgehead atoms. The average Bonchev–Trinajstić information content (AvgIpc) is 2.62. The van der Waals surface area contributed by atoms with Crippen molar-refractivity contribution >= 4 is 6.29 Å². The van der Waals surface area contributed by atoms with Crippen molar-refractivity contribution < 1.29 is 14.3 Å². The number of carbonyl (C=O) groups excluding carboxylic acids is 1. The highest BCUT2D eigenvalue weighted by molar-refractivity contribution is 5.48. The van der Waals surface area contributed by atoms with Crippen LogP contribution in [-0.4, -0.2) is 25.8 Å². The van der Waals surface area contributed by atoms with Crippen molar-refractivity contribution in [3.8, 4) is 0 Å². The number of ether oxygens (including phenoxy) is 2. The van der Waals surface area contributed by atoms with Crippen molar-refractivity contribution in [2.45, 2.75) is 72.0 Å². The van der Waals surface area contributed by atoms with Crippen LogP contribution in [0, 0.1) is 0 Å². The summed E-state index contributed by atoms with van der Waals surface area (Å²) in [5.74, 6) is 0. The summed E-state index contributed by atoms with van der Waals surface area (Å²) in [6.45, 7) is 16.8. The predicted octanol–water partition coefficient (Wildman–Crippen LogP) is 6.42. The second-order valence-electron chi connectivity index (χ2n) is 5.04. The van der Waals surface area contributed by atoms with E-state index in [1.54, 1.807) is 6.08 Å². The number of rotatable bonds is 14. The number of hydrogen-bond acceptors (Lipinski definition) is 3. The van der Waals surface area contributed by atoms with E-state index < -0.39 is 0 Å². The molecule has 0 saturated heterocycles. The first kappa shape index (κ1) is 28.4. The maximum atomic E-state index is 10.0. The van der Waals surface area contributed by atoms with Crippen LogP contribution in [0.15, 0.2) is 50.1 Å². The maximum Gasteiger partial charge on any atom is 0.154 e. The van der Waals surface area contributed by atoms with E-state index in [0.29, 0.717) is 0 Å². The lowest BCUT2D eigenvalue weighted by molar-refractivity contribution is -0.123. The van der Waals surface area contributed by atoms with Crippen molar-refractivity contribution in [2.24, 2.45) is 0 Å². The molecule has 146 valence electrons. The molecule has 0 aliphatic heterocycles. The fourth-order valence-corrected chi connectivity index (χ4v) is 1.86. The van der Waals surface area contributed by atoms with Gasteiger partial charge < -0.3 is 14.3 Å². The molecule has 0 aliphatic rings. The second kappa shape index (κ2) is 30.4. The zero-order valence-electron chi connectivity index (χ0n) is 16.8. The Hall–Kier alpha value is -1.45. The molecule has 0 saturated carbocycles. The Morgan fingerprint density at radius 1 is 0.840 bits per heavy atom. The van der Waals surface area contributed by atoms with Crippen molar-refractivity contribution in [1.82, 2.24) is 0 Å². The molecule has 0 radical (unpaired) electrons. The molecule has 0 fully saturated rings. The lowest BCUT2D eigenvalue weighted by Crippen LogP contribution is -2.11. The fourth-order valence-electron chi connectivity index (χ4n) is 1.86. The molecular formula is C22H40O3. The predicted molar refractivity (Wildman–Crippen MR) is 111 cm³/mol. The summed E-state index contributed by atoms with van der Waals surface area (Å²) in [6.07, 6.45) is 18.8. The zero-order chi connectivity index (χ0) is 19.6. The Bertz CT molecular complexity index is 302. The summed E-state index contributed by atoms with van der Waals surface area (Å²) >= 11 is 0. The van der Waals surface area contributed by atoms with Crippen LogP contribution in [0.25, 0.3) is 0 Å². The first-order chi connectivity index (χ1) is 12.2. The molecule has 3 heteroatoms. The number of aldehydes is 1. The van der Waals surface area contributed by atoms with E-state index in [9.17, 15) is 4.79 Å². The van der Waals surface area contributed by atoms with Crippen molar-refractivity contribution in [3.05, 3.63) is 50.1 Å². The maximum absolute atomic E-state index is 10.0. The van der Waals surface area contributed by atoms with Gasteiger partial charge in [-0.15, -0.1) is 13.2 Å². The quantitative estimate of drug-likeness (QED) is 0.119. The van der Waals surface area contributed by atoms with Gasteiger partial charge in [-0.1, -0.05) is 56.2 Å². The summed E-state index contributed by atoms with van der Waals surface area (Å²) in [6, 6.07) is 0. The van der Waals surface area contributed by atoms with E-state index in [-0.39, 0.29) is 6.29 Å². The Kier molecular flexibility index (Phi) is 34.5. The van der Waals surface area contributed by atoms with E-state index in [1.165, 1.54) is 25.7 Å². The van der Waals surface area contributed by atoms with E-state index in [2.05, 4.69) is 31.9 Å². The lowest BCUT2D eigenvalue weighted by atomic mass is 10.1. The first-order valence-corrected chi connectivity index (χ1v) is 9.33. The molecule has 0 amide bonds. The van der Waals surface area contributed by atoms with Gasteiger partial charge in [-0.3, -0.25) is 0 Å². The molecule has 0 heterocycles. The number of hydrogen-bond donors (Lipinski definition) is 0. The molecule has 0 spiro atoms. The highest BCUT2D eigenvalue weighted by Crippen LogP contribution is 2.06. The van der Waals surface area contributed by atoms with Gasteiger partial charge >= 0.3 is 0 Å². The molecule has 0 rings (SSSR count). The molecule has 0 atom stereocenters. The lowest BCUT2D eigenvalue weighted by Gasteiger charge is -2.09. The summed E-state index contributed by atoms with van der Waals surface area (Å²) in [5.41, 5.74) is 0. The molecule has 0 aromatic rings. The molecular weight excluding hydrogens is 312 g/mol. The Morgan fingerprint density at radius 3 is 1.84 bits per heavy atom. The molecule has 3 nitrogen and oxygen atoms in total. The SMILES string of the molecule is C=C.C=C/C=C/C=C/CCCCCCCC=O.CCOC(C)OCC. The molecule has 0 unspecified atom stereocenters. The van der Waals surface area contributed by atoms with Crippen molar-refractivity contribution in [3.63, 3.8) is 0 Å². The number of carbonyl (C=O) groups is 1. The van der Waals surface area contributed by atoms with Gasteiger partial charge in [-0.25, -0.2) is 0 Å². The van der Waals surface area contributed by atoms with E-state index >= 15 is 0 Å². The monoisotopic (exact) mass is 352 g/mol. The zero-order valence-corrected chi connectivity index (χ0v) is 16.8. The van der Waals surface area contributed by atoms with Crippen molar-refractivity contribution in [2.75, 3.05) is 13.2 Å². The minimum absolute atomic E-state index is 0.0370.